The van der Waals surface area contributed by atoms with Gasteiger partial charge in [0.25, 0.3) is 0 Å². The Morgan fingerprint density at radius 3 is 2.54 bits per heavy atom. The maximum atomic E-state index is 12.8. The highest BCUT2D eigenvalue weighted by Crippen LogP contribution is 2.10. The molecule has 1 unspecified atom stereocenters. The van der Waals surface area contributed by atoms with Crippen molar-refractivity contribution >= 4 is 15.9 Å². The van der Waals surface area contributed by atoms with Gasteiger partial charge >= 0.3 is 0 Å². The predicted molar refractivity (Wildman–Crippen MR) is 87.0 cm³/mol. The molecule has 0 fully saturated rings. The zero-order valence-electron chi connectivity index (χ0n) is 13.1. The van der Waals surface area contributed by atoms with Gasteiger partial charge < -0.3 is 5.32 Å². The van der Waals surface area contributed by atoms with Crippen LogP contribution in [0.1, 0.15) is 25.1 Å². The van der Waals surface area contributed by atoms with Crippen molar-refractivity contribution in [3.05, 3.63) is 60.2 Å². The summed E-state index contributed by atoms with van der Waals surface area (Å²) in [4.78, 5) is 16.0. The normalized spacial score (nSPS) is 12.6. The number of benzene rings is 1. The first-order chi connectivity index (χ1) is 11.4. The molecular formula is C16H18FN3O3S. The second-order valence-corrected chi connectivity index (χ2v) is 6.91. The Bertz CT molecular complexity index is 780. The molecule has 128 valence electrons. The fourth-order valence-corrected chi connectivity index (χ4v) is 3.05. The summed E-state index contributed by atoms with van der Waals surface area (Å²) in [5.41, 5.74) is 0.720. The second kappa shape index (κ2) is 7.98. The molecule has 24 heavy (non-hydrogen) atoms. The van der Waals surface area contributed by atoms with Crippen LogP contribution in [0.15, 0.2) is 53.6 Å². The maximum absolute atomic E-state index is 12.8. The Balaban J connectivity index is 1.83. The lowest BCUT2D eigenvalue weighted by molar-refractivity contribution is -0.121. The number of hydrogen-bond acceptors (Lipinski definition) is 4. The lowest BCUT2D eigenvalue weighted by atomic mass is 10.2. The van der Waals surface area contributed by atoms with Crippen LogP contribution in [-0.2, 0) is 14.8 Å². The molecular weight excluding hydrogens is 333 g/mol. The molecule has 2 aromatic rings. The van der Waals surface area contributed by atoms with Gasteiger partial charge in [0.05, 0.1) is 16.6 Å². The number of carbonyl (C=O) groups excluding carboxylic acids is 1. The van der Waals surface area contributed by atoms with Crippen LogP contribution in [0.3, 0.4) is 0 Å². The Labute approximate surface area is 140 Å². The van der Waals surface area contributed by atoms with Gasteiger partial charge in [-0.1, -0.05) is 6.07 Å². The van der Waals surface area contributed by atoms with E-state index >= 15 is 0 Å². The van der Waals surface area contributed by atoms with Gasteiger partial charge in [0.2, 0.25) is 15.9 Å². The highest BCUT2D eigenvalue weighted by molar-refractivity contribution is 7.89. The minimum absolute atomic E-state index is 0.0163. The number of nitrogens with one attached hydrogen (secondary N) is 2. The quantitative estimate of drug-likeness (QED) is 0.796. The van der Waals surface area contributed by atoms with Crippen LogP contribution >= 0.6 is 0 Å². The molecule has 0 aliphatic carbocycles. The third kappa shape index (κ3) is 5.10. The second-order valence-electron chi connectivity index (χ2n) is 5.15. The minimum Gasteiger partial charge on any atom is -0.348 e. The minimum atomic E-state index is -3.76. The number of rotatable bonds is 7. The molecule has 0 saturated carbocycles. The summed E-state index contributed by atoms with van der Waals surface area (Å²) in [5, 5.41) is 2.74. The van der Waals surface area contributed by atoms with Crippen LogP contribution in [-0.4, -0.2) is 25.9 Å². The Morgan fingerprint density at radius 2 is 1.92 bits per heavy atom. The van der Waals surface area contributed by atoms with Crippen LogP contribution in [0, 0.1) is 5.82 Å². The molecule has 0 aliphatic heterocycles. The zero-order chi connectivity index (χ0) is 17.6. The van der Waals surface area contributed by atoms with E-state index in [0.717, 1.165) is 17.8 Å². The number of halogens is 1. The van der Waals surface area contributed by atoms with E-state index in [2.05, 4.69) is 15.0 Å². The largest absolute Gasteiger partial charge is 0.348 e. The summed E-state index contributed by atoms with van der Waals surface area (Å²) in [6, 6.07) is 9.59. The van der Waals surface area contributed by atoms with Crippen LogP contribution in [0.25, 0.3) is 0 Å². The van der Waals surface area contributed by atoms with E-state index in [9.17, 15) is 17.6 Å². The number of nitrogens with zero attached hydrogens (tertiary/aromatic N) is 1. The Kier molecular flexibility index (Phi) is 5.99. The molecule has 0 bridgehead atoms. The van der Waals surface area contributed by atoms with E-state index in [1.165, 1.54) is 12.1 Å². The van der Waals surface area contributed by atoms with E-state index in [1.807, 2.05) is 6.07 Å². The summed E-state index contributed by atoms with van der Waals surface area (Å²) in [7, 11) is -3.76. The lowest BCUT2D eigenvalue weighted by Gasteiger charge is -2.13. The van der Waals surface area contributed by atoms with Crippen molar-refractivity contribution in [2.45, 2.75) is 24.3 Å². The van der Waals surface area contributed by atoms with Gasteiger partial charge in [0.15, 0.2) is 0 Å². The SMILES string of the molecule is CC(NC(=O)CCNS(=O)(=O)c1ccc(F)cc1)c1ccccn1. The van der Waals surface area contributed by atoms with Crippen LogP contribution in [0.4, 0.5) is 4.39 Å². The summed E-state index contributed by atoms with van der Waals surface area (Å²) >= 11 is 0. The zero-order valence-corrected chi connectivity index (χ0v) is 13.9. The number of hydrogen-bond donors (Lipinski definition) is 2. The highest BCUT2D eigenvalue weighted by Gasteiger charge is 2.15. The van der Waals surface area contributed by atoms with Crippen LogP contribution in [0.5, 0.6) is 0 Å². The maximum Gasteiger partial charge on any atom is 0.240 e. The Morgan fingerprint density at radius 1 is 1.21 bits per heavy atom. The highest BCUT2D eigenvalue weighted by atomic mass is 32.2. The molecule has 2 rings (SSSR count). The first kappa shape index (κ1) is 18.0. The first-order valence-electron chi connectivity index (χ1n) is 7.34. The van der Waals surface area contributed by atoms with E-state index in [-0.39, 0.29) is 29.8 Å². The van der Waals surface area contributed by atoms with E-state index in [1.54, 1.807) is 25.3 Å². The van der Waals surface area contributed by atoms with Crippen molar-refractivity contribution in [2.75, 3.05) is 6.54 Å². The average Bonchev–Trinajstić information content (AvgIpc) is 2.56. The molecule has 0 saturated heterocycles. The van der Waals surface area contributed by atoms with Gasteiger partial charge in [-0.25, -0.2) is 17.5 Å². The van der Waals surface area contributed by atoms with Crippen LogP contribution < -0.4 is 10.0 Å². The average molecular weight is 351 g/mol. The number of aromatic nitrogens is 1. The molecule has 8 heteroatoms. The molecule has 2 N–H and O–H groups in total. The molecule has 0 aliphatic rings. The van der Waals surface area contributed by atoms with Gasteiger partial charge in [0.1, 0.15) is 5.82 Å². The molecule has 0 spiro atoms. The predicted octanol–water partition coefficient (Wildman–Crippen LogP) is 1.77. The van der Waals surface area contributed by atoms with E-state index in [0.29, 0.717) is 0 Å². The number of amides is 1. The van der Waals surface area contributed by atoms with Gasteiger partial charge in [0, 0.05) is 19.2 Å². The topological polar surface area (TPSA) is 88.2 Å². The number of pyridine rings is 1. The molecule has 1 aromatic heterocycles. The van der Waals surface area contributed by atoms with Gasteiger partial charge in [-0.3, -0.25) is 9.78 Å². The monoisotopic (exact) mass is 351 g/mol. The summed E-state index contributed by atoms with van der Waals surface area (Å²) in [6.07, 6.45) is 1.62. The summed E-state index contributed by atoms with van der Waals surface area (Å²) < 4.78 is 39.1. The molecule has 1 heterocycles. The van der Waals surface area contributed by atoms with Crippen molar-refractivity contribution in [1.82, 2.24) is 15.0 Å². The fraction of sp³-hybridized carbons (Fsp3) is 0.250. The van der Waals surface area contributed by atoms with Gasteiger partial charge in [-0.05, 0) is 43.3 Å². The lowest BCUT2D eigenvalue weighted by Crippen LogP contribution is -2.32. The van der Waals surface area contributed by atoms with Gasteiger partial charge in [-0.15, -0.1) is 0 Å². The first-order valence-corrected chi connectivity index (χ1v) is 8.82. The van der Waals surface area contributed by atoms with Crippen LogP contribution in [0.2, 0.25) is 0 Å². The van der Waals surface area contributed by atoms with Crippen molar-refractivity contribution in [1.29, 1.82) is 0 Å². The number of sulfonamides is 1. The molecule has 6 nitrogen and oxygen atoms in total. The van der Waals surface area contributed by atoms with Crippen molar-refractivity contribution in [3.8, 4) is 0 Å². The smallest absolute Gasteiger partial charge is 0.240 e. The van der Waals surface area contributed by atoms with Crippen molar-refractivity contribution in [2.24, 2.45) is 0 Å². The van der Waals surface area contributed by atoms with Crippen molar-refractivity contribution < 1.29 is 17.6 Å². The third-order valence-corrected chi connectivity index (χ3v) is 4.75. The van der Waals surface area contributed by atoms with E-state index in [4.69, 9.17) is 0 Å². The van der Waals surface area contributed by atoms with Gasteiger partial charge in [-0.2, -0.15) is 0 Å². The molecule has 1 atom stereocenters. The summed E-state index contributed by atoms with van der Waals surface area (Å²) in [5.74, 6) is -0.813. The Hall–Kier alpha value is -2.32. The summed E-state index contributed by atoms with van der Waals surface area (Å²) in [6.45, 7) is 1.74. The third-order valence-electron chi connectivity index (χ3n) is 3.28. The molecule has 1 amide bonds. The van der Waals surface area contributed by atoms with E-state index < -0.39 is 15.8 Å². The fourth-order valence-electron chi connectivity index (χ4n) is 2.02. The van der Waals surface area contributed by atoms with Crippen molar-refractivity contribution in [3.63, 3.8) is 0 Å². The standard InChI is InChI=1S/C16H18FN3O3S/c1-12(15-4-2-3-10-18-15)20-16(21)9-11-19-24(22,23)14-7-5-13(17)6-8-14/h2-8,10,12,19H,9,11H2,1H3,(H,20,21). The molecule has 1 aromatic carbocycles. The number of carbonyl (C=O) groups is 1. The molecule has 0 radical (unpaired) electrons.